The molecule has 0 aromatic heterocycles. The molecule has 1 aliphatic heterocycles. The van der Waals surface area contributed by atoms with Crippen molar-refractivity contribution in [2.45, 2.75) is 43.3 Å². The van der Waals surface area contributed by atoms with E-state index in [2.05, 4.69) is 5.32 Å². The Bertz CT molecular complexity index is 499. The van der Waals surface area contributed by atoms with Gasteiger partial charge in [0.2, 0.25) is 0 Å². The Kier molecular flexibility index (Phi) is 4.63. The van der Waals surface area contributed by atoms with Crippen LogP contribution in [0.2, 0.25) is 0 Å². The molecule has 19 heavy (non-hydrogen) atoms. The zero-order valence-electron chi connectivity index (χ0n) is 11.7. The lowest BCUT2D eigenvalue weighted by Crippen LogP contribution is -2.28. The Morgan fingerprint density at radius 2 is 1.74 bits per heavy atom. The van der Waals surface area contributed by atoms with E-state index in [1.165, 1.54) is 18.4 Å². The Hall–Kier alpha value is -0.870. The van der Waals surface area contributed by atoms with Gasteiger partial charge in [-0.1, -0.05) is 12.1 Å². The molecule has 1 heterocycles. The van der Waals surface area contributed by atoms with Crippen LogP contribution in [-0.2, 0) is 16.3 Å². The standard InChI is InChI=1S/C15H23NO2S/c1-12(2)19(17,18)15-5-3-13(4-6-15)11-14-7-9-16-10-8-14/h3-6,12,14,16H,7-11H2,1-2H3. The molecule has 0 unspecified atom stereocenters. The van der Waals surface area contributed by atoms with Gasteiger partial charge in [-0.05, 0) is 69.8 Å². The predicted octanol–water partition coefficient (Wildman–Crippen LogP) is 2.41. The van der Waals surface area contributed by atoms with Crippen molar-refractivity contribution >= 4 is 9.84 Å². The summed E-state index contributed by atoms with van der Waals surface area (Å²) in [5, 5.41) is 3.00. The average molecular weight is 281 g/mol. The van der Waals surface area contributed by atoms with Crippen LogP contribution in [-0.4, -0.2) is 26.8 Å². The van der Waals surface area contributed by atoms with E-state index >= 15 is 0 Å². The van der Waals surface area contributed by atoms with Crippen LogP contribution in [0.5, 0.6) is 0 Å². The first-order valence-electron chi connectivity index (χ1n) is 7.03. The fourth-order valence-electron chi connectivity index (χ4n) is 2.51. The molecular weight excluding hydrogens is 258 g/mol. The van der Waals surface area contributed by atoms with Crippen molar-refractivity contribution in [1.82, 2.24) is 5.32 Å². The van der Waals surface area contributed by atoms with Gasteiger partial charge >= 0.3 is 0 Å². The normalized spacial score (nSPS) is 17.8. The minimum absolute atomic E-state index is 0.359. The van der Waals surface area contributed by atoms with E-state index < -0.39 is 9.84 Å². The van der Waals surface area contributed by atoms with Gasteiger partial charge < -0.3 is 5.32 Å². The molecule has 1 saturated heterocycles. The Morgan fingerprint density at radius 1 is 1.16 bits per heavy atom. The van der Waals surface area contributed by atoms with Crippen LogP contribution >= 0.6 is 0 Å². The highest BCUT2D eigenvalue weighted by atomic mass is 32.2. The summed E-state index contributed by atoms with van der Waals surface area (Å²) in [4.78, 5) is 0.441. The van der Waals surface area contributed by atoms with Gasteiger partial charge in [-0.2, -0.15) is 0 Å². The Morgan fingerprint density at radius 3 is 2.26 bits per heavy atom. The topological polar surface area (TPSA) is 46.2 Å². The quantitative estimate of drug-likeness (QED) is 0.922. The van der Waals surface area contributed by atoms with Gasteiger partial charge in [0.05, 0.1) is 10.1 Å². The van der Waals surface area contributed by atoms with Gasteiger partial charge in [0.25, 0.3) is 0 Å². The van der Waals surface area contributed by atoms with Crippen molar-refractivity contribution in [3.63, 3.8) is 0 Å². The van der Waals surface area contributed by atoms with Crippen LogP contribution in [0.25, 0.3) is 0 Å². The molecule has 106 valence electrons. The van der Waals surface area contributed by atoms with Crippen molar-refractivity contribution in [2.24, 2.45) is 5.92 Å². The third-order valence-corrected chi connectivity index (χ3v) is 6.03. The molecule has 2 rings (SSSR count). The van der Waals surface area contributed by atoms with Crippen LogP contribution in [0.4, 0.5) is 0 Å². The van der Waals surface area contributed by atoms with Crippen molar-refractivity contribution in [1.29, 1.82) is 0 Å². The average Bonchev–Trinajstić information content (AvgIpc) is 2.40. The third-order valence-electron chi connectivity index (χ3n) is 3.86. The van der Waals surface area contributed by atoms with Gasteiger partial charge in [0, 0.05) is 0 Å². The number of nitrogens with one attached hydrogen (secondary N) is 1. The molecule has 0 amide bonds. The maximum atomic E-state index is 12.0. The summed E-state index contributed by atoms with van der Waals surface area (Å²) in [6, 6.07) is 7.45. The highest BCUT2D eigenvalue weighted by molar-refractivity contribution is 7.92. The summed E-state index contributed by atoms with van der Waals surface area (Å²) in [6.07, 6.45) is 3.49. The number of benzene rings is 1. The summed E-state index contributed by atoms with van der Waals surface area (Å²) < 4.78 is 24.0. The van der Waals surface area contributed by atoms with Crippen LogP contribution in [0.3, 0.4) is 0 Å². The highest BCUT2D eigenvalue weighted by Crippen LogP contribution is 2.21. The van der Waals surface area contributed by atoms with Gasteiger partial charge in [-0.3, -0.25) is 0 Å². The van der Waals surface area contributed by atoms with Crippen LogP contribution in [0.15, 0.2) is 29.2 Å². The summed E-state index contributed by atoms with van der Waals surface area (Å²) in [7, 11) is -3.14. The van der Waals surface area contributed by atoms with E-state index in [-0.39, 0.29) is 5.25 Å². The first-order chi connectivity index (χ1) is 9.00. The fraction of sp³-hybridized carbons (Fsp3) is 0.600. The highest BCUT2D eigenvalue weighted by Gasteiger charge is 2.19. The van der Waals surface area contributed by atoms with E-state index in [1.807, 2.05) is 12.1 Å². The summed E-state index contributed by atoms with van der Waals surface area (Å²) >= 11 is 0. The smallest absolute Gasteiger partial charge is 0.180 e. The number of rotatable bonds is 4. The summed E-state index contributed by atoms with van der Waals surface area (Å²) in [5.74, 6) is 0.730. The van der Waals surface area contributed by atoms with E-state index in [0.717, 1.165) is 25.4 Å². The van der Waals surface area contributed by atoms with Crippen LogP contribution in [0, 0.1) is 5.92 Å². The molecule has 3 nitrogen and oxygen atoms in total. The maximum Gasteiger partial charge on any atom is 0.180 e. The van der Waals surface area contributed by atoms with E-state index in [4.69, 9.17) is 0 Å². The van der Waals surface area contributed by atoms with Crippen molar-refractivity contribution in [3.8, 4) is 0 Å². The van der Waals surface area contributed by atoms with Crippen molar-refractivity contribution < 1.29 is 8.42 Å². The molecule has 1 N–H and O–H groups in total. The Balaban J connectivity index is 2.06. The minimum Gasteiger partial charge on any atom is -0.317 e. The second-order valence-electron chi connectivity index (χ2n) is 5.64. The number of sulfone groups is 1. The molecule has 1 aromatic carbocycles. The monoisotopic (exact) mass is 281 g/mol. The lowest BCUT2D eigenvalue weighted by Gasteiger charge is -2.22. The van der Waals surface area contributed by atoms with Gasteiger partial charge in [0.15, 0.2) is 9.84 Å². The maximum absolute atomic E-state index is 12.0. The molecule has 0 saturated carbocycles. The second kappa shape index (κ2) is 6.06. The van der Waals surface area contributed by atoms with E-state index in [9.17, 15) is 8.42 Å². The van der Waals surface area contributed by atoms with Crippen molar-refractivity contribution in [3.05, 3.63) is 29.8 Å². The molecule has 1 aromatic rings. The number of hydrogen-bond donors (Lipinski definition) is 1. The van der Waals surface area contributed by atoms with E-state index in [1.54, 1.807) is 26.0 Å². The predicted molar refractivity (Wildman–Crippen MR) is 78.1 cm³/mol. The zero-order chi connectivity index (χ0) is 13.9. The number of piperidine rings is 1. The second-order valence-corrected chi connectivity index (χ2v) is 8.14. The summed E-state index contributed by atoms with van der Waals surface area (Å²) in [5.41, 5.74) is 1.25. The van der Waals surface area contributed by atoms with Crippen LogP contribution < -0.4 is 5.32 Å². The molecule has 0 aliphatic carbocycles. The molecule has 1 aliphatic rings. The lowest BCUT2D eigenvalue weighted by atomic mass is 9.91. The van der Waals surface area contributed by atoms with E-state index in [0.29, 0.717) is 4.90 Å². The molecule has 4 heteroatoms. The lowest BCUT2D eigenvalue weighted by molar-refractivity contribution is 0.372. The molecule has 0 spiro atoms. The minimum atomic E-state index is -3.14. The first kappa shape index (κ1) is 14.5. The fourth-order valence-corrected chi connectivity index (χ4v) is 3.57. The van der Waals surface area contributed by atoms with Gasteiger partial charge in [-0.15, -0.1) is 0 Å². The van der Waals surface area contributed by atoms with Crippen LogP contribution in [0.1, 0.15) is 32.3 Å². The summed E-state index contributed by atoms with van der Waals surface area (Å²) in [6.45, 7) is 5.64. The zero-order valence-corrected chi connectivity index (χ0v) is 12.5. The molecule has 1 fully saturated rings. The molecular formula is C15H23NO2S. The SMILES string of the molecule is CC(C)S(=O)(=O)c1ccc(CC2CCNCC2)cc1. The molecule has 0 bridgehead atoms. The van der Waals surface area contributed by atoms with Crippen molar-refractivity contribution in [2.75, 3.05) is 13.1 Å². The Labute approximate surface area is 116 Å². The van der Waals surface area contributed by atoms with Gasteiger partial charge in [-0.25, -0.2) is 8.42 Å². The third kappa shape index (κ3) is 3.57. The largest absolute Gasteiger partial charge is 0.317 e. The molecule has 0 atom stereocenters. The number of hydrogen-bond acceptors (Lipinski definition) is 3. The van der Waals surface area contributed by atoms with Gasteiger partial charge in [0.1, 0.15) is 0 Å². The molecule has 0 radical (unpaired) electrons. The first-order valence-corrected chi connectivity index (χ1v) is 8.58.